The number of rotatable bonds is 4. The predicted octanol–water partition coefficient (Wildman–Crippen LogP) is 3.40. The van der Waals surface area contributed by atoms with Gasteiger partial charge >= 0.3 is 0 Å². The molecule has 0 spiro atoms. The summed E-state index contributed by atoms with van der Waals surface area (Å²) >= 11 is 6.07. The van der Waals surface area contributed by atoms with Crippen molar-refractivity contribution in [2.45, 2.75) is 45.1 Å². The van der Waals surface area contributed by atoms with Gasteiger partial charge in [0.15, 0.2) is 0 Å². The molecule has 1 aromatic carbocycles. The predicted molar refractivity (Wildman–Crippen MR) is 98.0 cm³/mol. The van der Waals surface area contributed by atoms with Crippen molar-refractivity contribution in [3.05, 3.63) is 23.2 Å². The first-order valence-electron chi connectivity index (χ1n) is 8.92. The van der Waals surface area contributed by atoms with E-state index in [1.165, 1.54) is 0 Å². The van der Waals surface area contributed by atoms with Gasteiger partial charge in [-0.3, -0.25) is 9.59 Å². The van der Waals surface area contributed by atoms with Gasteiger partial charge in [0.25, 0.3) is 0 Å². The van der Waals surface area contributed by atoms with Gasteiger partial charge in [0.2, 0.25) is 11.8 Å². The van der Waals surface area contributed by atoms with Crippen LogP contribution in [-0.4, -0.2) is 31.5 Å². The normalized spacial score (nSPS) is 26.6. The number of nitrogens with one attached hydrogen (secondary N) is 1. The zero-order chi connectivity index (χ0) is 18.0. The first kappa shape index (κ1) is 18.1. The van der Waals surface area contributed by atoms with Crippen LogP contribution in [0, 0.1) is 11.8 Å². The van der Waals surface area contributed by atoms with Crippen LogP contribution < -0.4 is 15.0 Å². The summed E-state index contributed by atoms with van der Waals surface area (Å²) in [4.78, 5) is 26.7. The molecule has 1 atom stereocenters. The van der Waals surface area contributed by atoms with E-state index in [0.29, 0.717) is 23.0 Å². The lowest BCUT2D eigenvalue weighted by molar-refractivity contribution is -0.127. The van der Waals surface area contributed by atoms with Crippen LogP contribution in [0.1, 0.15) is 39.0 Å². The molecule has 6 heteroatoms. The number of nitrogens with zero attached hydrogens (tertiary/aromatic N) is 1. The zero-order valence-corrected chi connectivity index (χ0v) is 15.5. The Hall–Kier alpha value is -1.75. The summed E-state index contributed by atoms with van der Waals surface area (Å²) in [5.41, 5.74) is 0.627. The van der Waals surface area contributed by atoms with Gasteiger partial charge in [-0.15, -0.1) is 0 Å². The van der Waals surface area contributed by atoms with Crippen LogP contribution >= 0.6 is 11.6 Å². The Morgan fingerprint density at radius 1 is 1.28 bits per heavy atom. The van der Waals surface area contributed by atoms with Gasteiger partial charge < -0.3 is 15.0 Å². The molecule has 1 saturated carbocycles. The molecule has 136 valence electrons. The fraction of sp³-hybridized carbons (Fsp3) is 0.579. The zero-order valence-electron chi connectivity index (χ0n) is 14.8. The largest absolute Gasteiger partial charge is 0.495 e. The molecule has 0 radical (unpaired) electrons. The third-order valence-corrected chi connectivity index (χ3v) is 5.52. The van der Waals surface area contributed by atoms with E-state index in [0.717, 1.165) is 31.6 Å². The van der Waals surface area contributed by atoms with E-state index in [1.807, 2.05) is 0 Å². The van der Waals surface area contributed by atoms with Crippen molar-refractivity contribution in [3.63, 3.8) is 0 Å². The Balaban J connectivity index is 1.66. The highest BCUT2D eigenvalue weighted by Gasteiger charge is 2.37. The Kier molecular flexibility index (Phi) is 5.52. The monoisotopic (exact) mass is 364 g/mol. The highest BCUT2D eigenvalue weighted by atomic mass is 35.5. The van der Waals surface area contributed by atoms with Crippen molar-refractivity contribution in [1.82, 2.24) is 5.32 Å². The number of ether oxygens (including phenoxy) is 1. The molecule has 1 aliphatic carbocycles. The fourth-order valence-corrected chi connectivity index (χ4v) is 3.88. The van der Waals surface area contributed by atoms with Gasteiger partial charge in [0, 0.05) is 24.0 Å². The van der Waals surface area contributed by atoms with Crippen LogP contribution in [0.5, 0.6) is 5.75 Å². The summed E-state index contributed by atoms with van der Waals surface area (Å²) in [6.07, 6.45) is 4.59. The Morgan fingerprint density at radius 3 is 2.68 bits per heavy atom. The number of carbonyl (C=O) groups excluding carboxylic acids is 2. The van der Waals surface area contributed by atoms with Crippen LogP contribution in [0.15, 0.2) is 18.2 Å². The number of amides is 2. The van der Waals surface area contributed by atoms with Crippen molar-refractivity contribution >= 4 is 29.1 Å². The summed E-state index contributed by atoms with van der Waals surface area (Å²) in [6.45, 7) is 2.62. The number of benzene rings is 1. The van der Waals surface area contributed by atoms with Gasteiger partial charge in [0.1, 0.15) is 5.75 Å². The number of hydrogen-bond acceptors (Lipinski definition) is 3. The number of carbonyl (C=O) groups is 2. The molecule has 3 rings (SSSR count). The van der Waals surface area contributed by atoms with E-state index in [2.05, 4.69) is 12.2 Å². The summed E-state index contributed by atoms with van der Waals surface area (Å²) in [5.74, 6) is 0.914. The molecule has 0 bridgehead atoms. The van der Waals surface area contributed by atoms with Crippen LogP contribution in [0.3, 0.4) is 0 Å². The summed E-state index contributed by atoms with van der Waals surface area (Å²) in [5, 5.41) is 3.67. The molecule has 2 aliphatic rings. The topological polar surface area (TPSA) is 58.6 Å². The lowest BCUT2D eigenvalue weighted by Crippen LogP contribution is -2.41. The van der Waals surface area contributed by atoms with Crippen molar-refractivity contribution < 1.29 is 14.3 Å². The van der Waals surface area contributed by atoms with Crippen molar-refractivity contribution in [2.24, 2.45) is 11.8 Å². The number of methoxy groups -OCH3 is 1. The van der Waals surface area contributed by atoms with Crippen LogP contribution in [0.4, 0.5) is 5.69 Å². The van der Waals surface area contributed by atoms with Crippen molar-refractivity contribution in [1.29, 1.82) is 0 Å². The smallest absolute Gasteiger partial charge is 0.227 e. The molecule has 1 saturated heterocycles. The van der Waals surface area contributed by atoms with E-state index < -0.39 is 0 Å². The molecule has 2 fully saturated rings. The second-order valence-corrected chi connectivity index (χ2v) is 7.62. The summed E-state index contributed by atoms with van der Waals surface area (Å²) < 4.78 is 5.34. The molecule has 1 aliphatic heterocycles. The van der Waals surface area contributed by atoms with E-state index in [9.17, 15) is 9.59 Å². The maximum Gasteiger partial charge on any atom is 0.227 e. The second kappa shape index (κ2) is 7.65. The van der Waals surface area contributed by atoms with Crippen LogP contribution in [0.2, 0.25) is 5.02 Å². The number of hydrogen-bond donors (Lipinski definition) is 1. The quantitative estimate of drug-likeness (QED) is 0.890. The fourth-order valence-electron chi connectivity index (χ4n) is 3.71. The van der Waals surface area contributed by atoms with Gasteiger partial charge in [-0.1, -0.05) is 18.5 Å². The minimum atomic E-state index is -0.324. The van der Waals surface area contributed by atoms with E-state index in [1.54, 1.807) is 30.2 Å². The molecular weight excluding hydrogens is 340 g/mol. The molecule has 1 N–H and O–H groups in total. The van der Waals surface area contributed by atoms with E-state index >= 15 is 0 Å². The molecular formula is C19H25ClN2O3. The average Bonchev–Trinajstić information content (AvgIpc) is 2.98. The van der Waals surface area contributed by atoms with Gasteiger partial charge in [0.05, 0.1) is 18.7 Å². The molecule has 1 heterocycles. The maximum absolute atomic E-state index is 12.6. The van der Waals surface area contributed by atoms with Crippen LogP contribution in [0.25, 0.3) is 0 Å². The lowest BCUT2D eigenvalue weighted by Gasteiger charge is -2.28. The molecule has 2 amide bonds. The first-order valence-corrected chi connectivity index (χ1v) is 9.30. The Morgan fingerprint density at radius 2 is 2.00 bits per heavy atom. The molecule has 1 aromatic rings. The number of anilines is 1. The third-order valence-electron chi connectivity index (χ3n) is 5.29. The molecule has 0 aromatic heterocycles. The minimum absolute atomic E-state index is 0.0172. The second-order valence-electron chi connectivity index (χ2n) is 7.19. The minimum Gasteiger partial charge on any atom is -0.495 e. The van der Waals surface area contributed by atoms with E-state index in [4.69, 9.17) is 16.3 Å². The van der Waals surface area contributed by atoms with Crippen LogP contribution in [-0.2, 0) is 9.59 Å². The first-order chi connectivity index (χ1) is 12.0. The van der Waals surface area contributed by atoms with Gasteiger partial charge in [-0.05, 0) is 49.8 Å². The SMILES string of the molecule is COc1ccc(Cl)cc1N1C[C@H](C(=O)NC2CCC(C)CC2)CC1=O. The summed E-state index contributed by atoms with van der Waals surface area (Å²) in [7, 11) is 1.56. The highest BCUT2D eigenvalue weighted by molar-refractivity contribution is 6.31. The standard InChI is InChI=1S/C19H25ClN2O3/c1-12-3-6-15(7-4-12)21-19(24)13-9-18(23)22(11-13)16-10-14(20)5-8-17(16)25-2/h5,8,10,12-13,15H,3-4,6-7,9,11H2,1-2H3,(H,21,24)/t12?,13-,15?/m1/s1. The van der Waals surface area contributed by atoms with Crippen molar-refractivity contribution in [3.8, 4) is 5.75 Å². The lowest BCUT2D eigenvalue weighted by atomic mass is 9.87. The molecule has 0 unspecified atom stereocenters. The Labute approximate surface area is 153 Å². The third kappa shape index (κ3) is 4.09. The number of halogens is 1. The van der Waals surface area contributed by atoms with Crippen molar-refractivity contribution in [2.75, 3.05) is 18.6 Å². The van der Waals surface area contributed by atoms with Gasteiger partial charge in [-0.2, -0.15) is 0 Å². The Bertz CT molecular complexity index is 656. The summed E-state index contributed by atoms with van der Waals surface area (Å²) in [6, 6.07) is 5.41. The van der Waals surface area contributed by atoms with Gasteiger partial charge in [-0.25, -0.2) is 0 Å². The highest BCUT2D eigenvalue weighted by Crippen LogP contribution is 2.35. The average molecular weight is 365 g/mol. The molecule has 5 nitrogen and oxygen atoms in total. The maximum atomic E-state index is 12.6. The molecule has 25 heavy (non-hydrogen) atoms. The van der Waals surface area contributed by atoms with E-state index in [-0.39, 0.29) is 30.2 Å².